The SMILES string of the molecule is CCCN(c1nc(N)nc(OC)n1)C1CC1. The topological polar surface area (TPSA) is 77.2 Å². The molecule has 0 spiro atoms. The highest BCUT2D eigenvalue weighted by atomic mass is 16.5. The zero-order valence-electron chi connectivity index (χ0n) is 9.68. The van der Waals surface area contributed by atoms with Gasteiger partial charge in [-0.1, -0.05) is 6.92 Å². The van der Waals surface area contributed by atoms with Crippen LogP contribution in [-0.2, 0) is 0 Å². The molecule has 0 atom stereocenters. The number of anilines is 2. The number of nitrogen functional groups attached to an aromatic ring is 1. The van der Waals surface area contributed by atoms with Crippen LogP contribution in [0, 0.1) is 0 Å². The number of rotatable bonds is 5. The van der Waals surface area contributed by atoms with Gasteiger partial charge in [-0.15, -0.1) is 0 Å². The van der Waals surface area contributed by atoms with E-state index in [0.717, 1.165) is 13.0 Å². The normalized spacial score (nSPS) is 14.9. The molecule has 2 rings (SSSR count). The second kappa shape index (κ2) is 4.51. The molecule has 88 valence electrons. The fourth-order valence-corrected chi connectivity index (χ4v) is 1.65. The maximum Gasteiger partial charge on any atom is 0.322 e. The molecule has 0 radical (unpaired) electrons. The Labute approximate surface area is 94.9 Å². The van der Waals surface area contributed by atoms with Crippen LogP contribution in [0.3, 0.4) is 0 Å². The molecule has 1 aromatic rings. The summed E-state index contributed by atoms with van der Waals surface area (Å²) in [6, 6.07) is 0.843. The third-order valence-electron chi connectivity index (χ3n) is 2.51. The lowest BCUT2D eigenvalue weighted by Gasteiger charge is -2.21. The highest BCUT2D eigenvalue weighted by molar-refractivity contribution is 5.38. The van der Waals surface area contributed by atoms with Crippen LogP contribution in [-0.4, -0.2) is 34.6 Å². The van der Waals surface area contributed by atoms with Crippen molar-refractivity contribution < 1.29 is 4.74 Å². The average Bonchev–Trinajstić information content (AvgIpc) is 3.08. The van der Waals surface area contributed by atoms with Gasteiger partial charge in [0, 0.05) is 12.6 Å². The van der Waals surface area contributed by atoms with Crippen LogP contribution < -0.4 is 15.4 Å². The lowest BCUT2D eigenvalue weighted by molar-refractivity contribution is 0.378. The Kier molecular flexibility index (Phi) is 3.07. The molecule has 1 aliphatic rings. The van der Waals surface area contributed by atoms with E-state index >= 15 is 0 Å². The van der Waals surface area contributed by atoms with E-state index in [9.17, 15) is 0 Å². The van der Waals surface area contributed by atoms with Gasteiger partial charge < -0.3 is 15.4 Å². The number of nitrogens with two attached hydrogens (primary N) is 1. The molecule has 1 aliphatic carbocycles. The van der Waals surface area contributed by atoms with E-state index < -0.39 is 0 Å². The summed E-state index contributed by atoms with van der Waals surface area (Å²) in [6.07, 6.45) is 3.46. The van der Waals surface area contributed by atoms with Gasteiger partial charge >= 0.3 is 6.01 Å². The molecule has 1 aromatic heterocycles. The van der Waals surface area contributed by atoms with E-state index in [4.69, 9.17) is 10.5 Å². The van der Waals surface area contributed by atoms with E-state index in [1.165, 1.54) is 20.0 Å². The molecule has 1 saturated carbocycles. The predicted octanol–water partition coefficient (Wildman–Crippen LogP) is 0.841. The van der Waals surface area contributed by atoms with Gasteiger partial charge in [-0.2, -0.15) is 15.0 Å². The quantitative estimate of drug-likeness (QED) is 0.797. The van der Waals surface area contributed by atoms with E-state index in [0.29, 0.717) is 12.0 Å². The molecule has 6 nitrogen and oxygen atoms in total. The molecule has 0 unspecified atom stereocenters. The maximum absolute atomic E-state index is 5.62. The van der Waals surface area contributed by atoms with E-state index in [2.05, 4.69) is 26.8 Å². The summed E-state index contributed by atoms with van der Waals surface area (Å²) in [5, 5.41) is 0. The van der Waals surface area contributed by atoms with Crippen LogP contribution in [0.1, 0.15) is 26.2 Å². The number of aromatic nitrogens is 3. The third kappa shape index (κ3) is 2.32. The Morgan fingerprint density at radius 2 is 2.12 bits per heavy atom. The molecule has 16 heavy (non-hydrogen) atoms. The van der Waals surface area contributed by atoms with Crippen molar-refractivity contribution in [3.8, 4) is 6.01 Å². The van der Waals surface area contributed by atoms with Gasteiger partial charge in [0.05, 0.1) is 7.11 Å². The molecule has 0 aromatic carbocycles. The highest BCUT2D eigenvalue weighted by Gasteiger charge is 2.30. The summed E-state index contributed by atoms with van der Waals surface area (Å²) >= 11 is 0. The highest BCUT2D eigenvalue weighted by Crippen LogP contribution is 2.30. The largest absolute Gasteiger partial charge is 0.467 e. The summed E-state index contributed by atoms with van der Waals surface area (Å²) in [7, 11) is 1.53. The summed E-state index contributed by atoms with van der Waals surface area (Å²) in [6.45, 7) is 3.08. The maximum atomic E-state index is 5.62. The molecule has 0 bridgehead atoms. The Bertz CT molecular complexity index is 366. The fraction of sp³-hybridized carbons (Fsp3) is 0.700. The Morgan fingerprint density at radius 1 is 1.38 bits per heavy atom. The molecule has 0 aliphatic heterocycles. The number of nitrogens with zero attached hydrogens (tertiary/aromatic N) is 4. The minimum absolute atomic E-state index is 0.212. The van der Waals surface area contributed by atoms with Gasteiger partial charge in [-0.05, 0) is 19.3 Å². The van der Waals surface area contributed by atoms with Crippen LogP contribution in [0.5, 0.6) is 6.01 Å². The first-order valence-corrected chi connectivity index (χ1v) is 5.56. The molecule has 6 heteroatoms. The lowest BCUT2D eigenvalue weighted by Crippen LogP contribution is -2.29. The Balaban J connectivity index is 2.25. The van der Waals surface area contributed by atoms with Crippen molar-refractivity contribution in [3.63, 3.8) is 0 Å². The molecule has 0 amide bonds. The first-order chi connectivity index (χ1) is 7.74. The minimum atomic E-state index is 0.212. The summed E-state index contributed by atoms with van der Waals surface area (Å²) in [5.74, 6) is 0.845. The zero-order chi connectivity index (χ0) is 11.5. The zero-order valence-corrected chi connectivity index (χ0v) is 9.68. The number of hydrogen-bond donors (Lipinski definition) is 1. The summed E-state index contributed by atoms with van der Waals surface area (Å²) < 4.78 is 5.00. The second-order valence-corrected chi connectivity index (χ2v) is 3.90. The number of methoxy groups -OCH3 is 1. The fourth-order valence-electron chi connectivity index (χ4n) is 1.65. The molecular weight excluding hydrogens is 206 g/mol. The minimum Gasteiger partial charge on any atom is -0.467 e. The first kappa shape index (κ1) is 10.9. The molecular formula is C10H17N5O. The van der Waals surface area contributed by atoms with E-state index in [1.807, 2.05) is 0 Å². The van der Waals surface area contributed by atoms with Crippen molar-refractivity contribution >= 4 is 11.9 Å². The smallest absolute Gasteiger partial charge is 0.322 e. The van der Waals surface area contributed by atoms with Gasteiger partial charge in [0.25, 0.3) is 0 Å². The predicted molar refractivity (Wildman–Crippen MR) is 61.5 cm³/mol. The van der Waals surface area contributed by atoms with Crippen molar-refractivity contribution in [2.45, 2.75) is 32.2 Å². The van der Waals surface area contributed by atoms with Crippen molar-refractivity contribution in [3.05, 3.63) is 0 Å². The number of hydrogen-bond acceptors (Lipinski definition) is 6. The van der Waals surface area contributed by atoms with Crippen LogP contribution in [0.2, 0.25) is 0 Å². The van der Waals surface area contributed by atoms with Gasteiger partial charge in [0.2, 0.25) is 11.9 Å². The third-order valence-corrected chi connectivity index (χ3v) is 2.51. The van der Waals surface area contributed by atoms with Gasteiger partial charge in [0.1, 0.15) is 0 Å². The average molecular weight is 223 g/mol. The van der Waals surface area contributed by atoms with Crippen LogP contribution in [0.25, 0.3) is 0 Å². The van der Waals surface area contributed by atoms with E-state index in [1.54, 1.807) is 0 Å². The summed E-state index contributed by atoms with van der Waals surface area (Å²) in [4.78, 5) is 14.5. The van der Waals surface area contributed by atoms with Crippen molar-refractivity contribution in [2.75, 3.05) is 24.3 Å². The number of ether oxygens (including phenoxy) is 1. The van der Waals surface area contributed by atoms with Crippen LogP contribution in [0.4, 0.5) is 11.9 Å². The van der Waals surface area contributed by atoms with E-state index in [-0.39, 0.29) is 12.0 Å². The van der Waals surface area contributed by atoms with Crippen LogP contribution in [0.15, 0.2) is 0 Å². The van der Waals surface area contributed by atoms with Crippen molar-refractivity contribution in [1.82, 2.24) is 15.0 Å². The standard InChI is InChI=1S/C10H17N5O/c1-3-6-15(7-4-5-7)9-12-8(11)13-10(14-9)16-2/h7H,3-6H2,1-2H3,(H2,11,12,13,14). The monoisotopic (exact) mass is 223 g/mol. The summed E-state index contributed by atoms with van der Waals surface area (Å²) in [5.41, 5.74) is 5.62. The second-order valence-electron chi connectivity index (χ2n) is 3.90. The Hall–Kier alpha value is -1.59. The Morgan fingerprint density at radius 3 is 2.69 bits per heavy atom. The van der Waals surface area contributed by atoms with Gasteiger partial charge in [0.15, 0.2) is 0 Å². The molecule has 0 saturated heterocycles. The molecule has 2 N–H and O–H groups in total. The first-order valence-electron chi connectivity index (χ1n) is 5.56. The molecule has 1 heterocycles. The molecule has 1 fully saturated rings. The van der Waals surface area contributed by atoms with Gasteiger partial charge in [-0.25, -0.2) is 0 Å². The van der Waals surface area contributed by atoms with Crippen molar-refractivity contribution in [1.29, 1.82) is 0 Å². The van der Waals surface area contributed by atoms with Crippen LogP contribution >= 0.6 is 0 Å². The van der Waals surface area contributed by atoms with Gasteiger partial charge in [-0.3, -0.25) is 0 Å². The lowest BCUT2D eigenvalue weighted by atomic mass is 10.4. The van der Waals surface area contributed by atoms with Crippen molar-refractivity contribution in [2.24, 2.45) is 0 Å².